The number of nitrogens with zero attached hydrogens (tertiary/aromatic N) is 2. The van der Waals surface area contributed by atoms with Crippen molar-refractivity contribution in [2.75, 3.05) is 6.61 Å². The summed E-state index contributed by atoms with van der Waals surface area (Å²) in [5.41, 5.74) is 0.612. The molecule has 1 aliphatic heterocycles. The molecule has 0 aliphatic carbocycles. The van der Waals surface area contributed by atoms with Crippen LogP contribution < -0.4 is 10.2 Å². The van der Waals surface area contributed by atoms with Crippen molar-refractivity contribution in [3.63, 3.8) is 0 Å². The summed E-state index contributed by atoms with van der Waals surface area (Å²) in [6, 6.07) is 5.30. The van der Waals surface area contributed by atoms with Crippen molar-refractivity contribution < 1.29 is 23.5 Å². The average Bonchev–Trinajstić information content (AvgIpc) is 3.03. The van der Waals surface area contributed by atoms with Gasteiger partial charge in [-0.15, -0.1) is 0 Å². The lowest BCUT2D eigenvalue weighted by Gasteiger charge is -2.27. The van der Waals surface area contributed by atoms with Crippen molar-refractivity contribution in [1.29, 1.82) is 5.26 Å². The first-order chi connectivity index (χ1) is 15.2. The van der Waals surface area contributed by atoms with Gasteiger partial charge in [-0.2, -0.15) is 5.26 Å². The fraction of sp³-hybridized carbons (Fsp3) is 0.364. The standard InChI is InChI=1S/C22H22ClFN4O4/c1-11-8-15(6-7-32-11)26-22(31)20(29)18-12(2)17(21(30)27-23)19(28(18)3)13-4-5-16(24)14(9-13)10-25/h4-5,9,11,15H,6-8H2,1-3H3,(H,26,31)(H,27,30). The second-order valence-electron chi connectivity index (χ2n) is 7.69. The SMILES string of the molecule is Cc1c(C(=O)NCl)c(-c2ccc(F)c(C#N)c2)n(C)c1C(=O)C(=O)NC1CCOC(C)C1. The minimum atomic E-state index is -0.818. The average molecular weight is 461 g/mol. The molecule has 3 rings (SSSR count). The molecule has 0 spiro atoms. The number of ether oxygens (including phenoxy) is 1. The number of hydrogen-bond donors (Lipinski definition) is 2. The van der Waals surface area contributed by atoms with Crippen LogP contribution in [0.4, 0.5) is 4.39 Å². The smallest absolute Gasteiger partial charge is 0.294 e. The summed E-state index contributed by atoms with van der Waals surface area (Å²) in [5, 5.41) is 11.9. The van der Waals surface area contributed by atoms with E-state index in [1.165, 1.54) is 30.7 Å². The summed E-state index contributed by atoms with van der Waals surface area (Å²) in [4.78, 5) is 40.4. The van der Waals surface area contributed by atoms with Crippen molar-refractivity contribution >= 4 is 29.4 Å². The molecule has 10 heteroatoms. The molecule has 2 heterocycles. The molecule has 2 amide bonds. The van der Waals surface area contributed by atoms with E-state index in [1.807, 2.05) is 11.8 Å². The maximum atomic E-state index is 13.8. The van der Waals surface area contributed by atoms with Crippen LogP contribution in [0.25, 0.3) is 11.3 Å². The van der Waals surface area contributed by atoms with E-state index in [9.17, 15) is 18.8 Å². The van der Waals surface area contributed by atoms with Gasteiger partial charge in [-0.1, -0.05) is 0 Å². The van der Waals surface area contributed by atoms with Crippen molar-refractivity contribution in [2.45, 2.75) is 38.8 Å². The first-order valence-corrected chi connectivity index (χ1v) is 10.3. The minimum Gasteiger partial charge on any atom is -0.378 e. The highest BCUT2D eigenvalue weighted by Crippen LogP contribution is 2.32. The van der Waals surface area contributed by atoms with E-state index < -0.39 is 23.4 Å². The molecule has 2 N–H and O–H groups in total. The molecule has 0 bridgehead atoms. The lowest BCUT2D eigenvalue weighted by atomic mass is 10.0. The highest BCUT2D eigenvalue weighted by molar-refractivity contribution is 6.43. The zero-order valence-corrected chi connectivity index (χ0v) is 18.5. The Hall–Kier alpha value is -3.22. The van der Waals surface area contributed by atoms with E-state index in [0.717, 1.165) is 6.07 Å². The predicted octanol–water partition coefficient (Wildman–Crippen LogP) is 2.76. The van der Waals surface area contributed by atoms with Gasteiger partial charge in [0.1, 0.15) is 11.9 Å². The molecule has 2 unspecified atom stereocenters. The molecule has 2 aromatic rings. The Morgan fingerprint density at radius 2 is 2.06 bits per heavy atom. The first-order valence-electron chi connectivity index (χ1n) is 9.96. The van der Waals surface area contributed by atoms with Crippen molar-refractivity contribution in [1.82, 2.24) is 14.7 Å². The minimum absolute atomic E-state index is 0.00397. The Bertz CT molecular complexity index is 1140. The van der Waals surface area contributed by atoms with Gasteiger partial charge in [0.2, 0.25) is 0 Å². The van der Waals surface area contributed by atoms with Crippen LogP contribution in [-0.2, 0) is 16.6 Å². The number of rotatable bonds is 5. The number of Topliss-reactive ketones (excluding diaryl/α,β-unsaturated/α-hetero) is 1. The summed E-state index contributed by atoms with van der Waals surface area (Å²) in [6.45, 7) is 3.90. The van der Waals surface area contributed by atoms with Crippen LogP contribution in [0.2, 0.25) is 0 Å². The van der Waals surface area contributed by atoms with Crippen molar-refractivity contribution in [3.8, 4) is 17.3 Å². The lowest BCUT2D eigenvalue weighted by molar-refractivity contribution is -0.118. The van der Waals surface area contributed by atoms with Gasteiger partial charge in [-0.3, -0.25) is 19.2 Å². The maximum Gasteiger partial charge on any atom is 0.294 e. The molecule has 168 valence electrons. The molecule has 1 aliphatic rings. The van der Waals surface area contributed by atoms with E-state index in [0.29, 0.717) is 25.0 Å². The summed E-state index contributed by atoms with van der Waals surface area (Å²) in [7, 11) is 1.51. The maximum absolute atomic E-state index is 13.8. The van der Waals surface area contributed by atoms with Crippen LogP contribution >= 0.6 is 11.8 Å². The highest BCUT2D eigenvalue weighted by atomic mass is 35.5. The summed E-state index contributed by atoms with van der Waals surface area (Å²) in [6.07, 6.45) is 1.15. The quantitative estimate of drug-likeness (QED) is 0.404. The number of carbonyl (C=O) groups excluding carboxylic acids is 3. The molecular weight excluding hydrogens is 439 g/mol. The summed E-state index contributed by atoms with van der Waals surface area (Å²) in [5.74, 6) is -3.03. The first kappa shape index (κ1) is 23.4. The molecule has 0 saturated carbocycles. The third kappa shape index (κ3) is 4.38. The Balaban J connectivity index is 2.06. The molecule has 2 atom stereocenters. The van der Waals surface area contributed by atoms with E-state index in [-0.39, 0.29) is 40.2 Å². The van der Waals surface area contributed by atoms with Gasteiger partial charge in [0.05, 0.1) is 28.6 Å². The second-order valence-corrected chi connectivity index (χ2v) is 7.88. The fourth-order valence-electron chi connectivity index (χ4n) is 4.06. The number of nitriles is 1. The normalized spacial score (nSPS) is 18.0. The van der Waals surface area contributed by atoms with E-state index in [2.05, 4.69) is 5.32 Å². The molecule has 8 nitrogen and oxygen atoms in total. The fourth-order valence-corrected chi connectivity index (χ4v) is 4.15. The monoisotopic (exact) mass is 460 g/mol. The topological polar surface area (TPSA) is 113 Å². The van der Waals surface area contributed by atoms with Crippen molar-refractivity contribution in [3.05, 3.63) is 46.4 Å². The third-order valence-corrected chi connectivity index (χ3v) is 5.72. The molecule has 32 heavy (non-hydrogen) atoms. The third-order valence-electron chi connectivity index (χ3n) is 5.55. The summed E-state index contributed by atoms with van der Waals surface area (Å²) >= 11 is 5.55. The van der Waals surface area contributed by atoms with Gasteiger partial charge in [-0.05, 0) is 50.5 Å². The molecule has 1 aromatic heterocycles. The zero-order chi connectivity index (χ0) is 23.6. The highest BCUT2D eigenvalue weighted by Gasteiger charge is 2.32. The number of halogens is 2. The van der Waals surface area contributed by atoms with Gasteiger partial charge < -0.3 is 14.6 Å². The van der Waals surface area contributed by atoms with Crippen molar-refractivity contribution in [2.24, 2.45) is 7.05 Å². The van der Waals surface area contributed by atoms with E-state index in [1.54, 1.807) is 6.07 Å². The van der Waals surface area contributed by atoms with Gasteiger partial charge >= 0.3 is 0 Å². The van der Waals surface area contributed by atoms with E-state index >= 15 is 0 Å². The van der Waals surface area contributed by atoms with Crippen LogP contribution in [0.3, 0.4) is 0 Å². The number of amides is 2. The number of aromatic nitrogens is 1. The van der Waals surface area contributed by atoms with Gasteiger partial charge in [0, 0.05) is 37.0 Å². The molecule has 1 saturated heterocycles. The number of carbonyl (C=O) groups is 3. The van der Waals surface area contributed by atoms with Gasteiger partial charge in [-0.25, -0.2) is 4.39 Å². The predicted molar refractivity (Wildman–Crippen MR) is 114 cm³/mol. The van der Waals surface area contributed by atoms with Crippen LogP contribution in [0.5, 0.6) is 0 Å². The number of ketones is 1. The Morgan fingerprint density at radius 3 is 2.69 bits per heavy atom. The number of nitrogens with one attached hydrogen (secondary N) is 2. The Morgan fingerprint density at radius 1 is 1.34 bits per heavy atom. The number of benzene rings is 1. The molecule has 1 fully saturated rings. The van der Waals surface area contributed by atoms with Gasteiger partial charge in [0.25, 0.3) is 17.6 Å². The Kier molecular flexibility index (Phi) is 6.96. The zero-order valence-electron chi connectivity index (χ0n) is 17.8. The molecule has 0 radical (unpaired) electrons. The lowest BCUT2D eigenvalue weighted by Crippen LogP contribution is -2.44. The van der Waals surface area contributed by atoms with Crippen LogP contribution in [0.1, 0.15) is 51.7 Å². The van der Waals surface area contributed by atoms with Gasteiger partial charge in [0.15, 0.2) is 0 Å². The number of hydrogen-bond acceptors (Lipinski definition) is 5. The Labute approximate surface area is 189 Å². The summed E-state index contributed by atoms with van der Waals surface area (Å²) < 4.78 is 20.7. The molecular formula is C22H22ClFN4O4. The largest absolute Gasteiger partial charge is 0.378 e. The van der Waals surface area contributed by atoms with E-state index in [4.69, 9.17) is 21.8 Å². The van der Waals surface area contributed by atoms with Crippen LogP contribution in [-0.4, -0.2) is 40.9 Å². The van der Waals surface area contributed by atoms with Crippen LogP contribution in [0.15, 0.2) is 18.2 Å². The molecule has 1 aromatic carbocycles. The van der Waals surface area contributed by atoms with Crippen LogP contribution in [0, 0.1) is 24.1 Å². The second kappa shape index (κ2) is 9.51.